The molecule has 0 saturated heterocycles. The van der Waals surface area contributed by atoms with Crippen molar-refractivity contribution in [2.75, 3.05) is 6.54 Å². The molecule has 0 amide bonds. The van der Waals surface area contributed by atoms with E-state index < -0.39 is 6.10 Å². The Hall–Kier alpha value is -1.30. The number of hydrogen-bond acceptors (Lipinski definition) is 4. The summed E-state index contributed by atoms with van der Waals surface area (Å²) in [7, 11) is 0. The Labute approximate surface area is 116 Å². The van der Waals surface area contributed by atoms with Gasteiger partial charge in [0, 0.05) is 23.2 Å². The SMILES string of the molecule is Cc1csc(C(C)NCC(O)c2ccccc2F)n1. The van der Waals surface area contributed by atoms with E-state index in [1.807, 2.05) is 19.2 Å². The summed E-state index contributed by atoms with van der Waals surface area (Å²) in [6.45, 7) is 4.22. The van der Waals surface area contributed by atoms with Crippen LogP contribution in [0.4, 0.5) is 4.39 Å². The zero-order valence-electron chi connectivity index (χ0n) is 10.9. The highest BCUT2D eigenvalue weighted by molar-refractivity contribution is 7.09. The summed E-state index contributed by atoms with van der Waals surface area (Å²) in [5, 5.41) is 16.1. The lowest BCUT2D eigenvalue weighted by molar-refractivity contribution is 0.166. The minimum atomic E-state index is -0.857. The molecule has 2 aromatic rings. The first kappa shape index (κ1) is 14.1. The number of hydrogen-bond donors (Lipinski definition) is 2. The van der Waals surface area contributed by atoms with Gasteiger partial charge in [0.05, 0.1) is 12.1 Å². The molecule has 0 aliphatic carbocycles. The minimum Gasteiger partial charge on any atom is -0.387 e. The Morgan fingerprint density at radius 1 is 1.42 bits per heavy atom. The van der Waals surface area contributed by atoms with Gasteiger partial charge in [0.2, 0.25) is 0 Å². The van der Waals surface area contributed by atoms with E-state index in [0.29, 0.717) is 12.1 Å². The maximum atomic E-state index is 13.5. The van der Waals surface area contributed by atoms with Crippen LogP contribution in [0, 0.1) is 12.7 Å². The van der Waals surface area contributed by atoms with Gasteiger partial charge in [0.25, 0.3) is 0 Å². The molecule has 0 fully saturated rings. The molecule has 2 rings (SSSR count). The van der Waals surface area contributed by atoms with Crippen molar-refractivity contribution >= 4 is 11.3 Å². The van der Waals surface area contributed by atoms with Crippen LogP contribution in [0.1, 0.15) is 35.3 Å². The highest BCUT2D eigenvalue weighted by Gasteiger charge is 2.15. The third kappa shape index (κ3) is 3.59. The molecule has 0 radical (unpaired) electrons. The number of halogens is 1. The summed E-state index contributed by atoms with van der Waals surface area (Å²) in [5.41, 5.74) is 1.31. The minimum absolute atomic E-state index is 0.0418. The second-order valence-corrected chi connectivity index (χ2v) is 5.38. The smallest absolute Gasteiger partial charge is 0.129 e. The van der Waals surface area contributed by atoms with E-state index in [4.69, 9.17) is 0 Å². The second-order valence-electron chi connectivity index (χ2n) is 4.49. The maximum Gasteiger partial charge on any atom is 0.129 e. The molecule has 102 valence electrons. The summed E-state index contributed by atoms with van der Waals surface area (Å²) >= 11 is 1.58. The van der Waals surface area contributed by atoms with E-state index in [1.54, 1.807) is 29.5 Å². The van der Waals surface area contributed by atoms with Crippen molar-refractivity contribution in [3.05, 3.63) is 51.7 Å². The van der Waals surface area contributed by atoms with Gasteiger partial charge in [-0.15, -0.1) is 11.3 Å². The molecule has 19 heavy (non-hydrogen) atoms. The van der Waals surface area contributed by atoms with Crippen molar-refractivity contribution in [2.45, 2.75) is 26.0 Å². The summed E-state index contributed by atoms with van der Waals surface area (Å²) in [6.07, 6.45) is -0.857. The summed E-state index contributed by atoms with van der Waals surface area (Å²) in [4.78, 5) is 4.38. The highest BCUT2D eigenvalue weighted by atomic mass is 32.1. The van der Waals surface area contributed by atoms with Crippen molar-refractivity contribution in [2.24, 2.45) is 0 Å². The molecule has 2 unspecified atom stereocenters. The van der Waals surface area contributed by atoms with Crippen molar-refractivity contribution in [3.8, 4) is 0 Å². The lowest BCUT2D eigenvalue weighted by Crippen LogP contribution is -2.25. The van der Waals surface area contributed by atoms with Gasteiger partial charge in [-0.05, 0) is 19.9 Å². The number of aliphatic hydroxyl groups is 1. The van der Waals surface area contributed by atoms with Gasteiger partial charge in [-0.25, -0.2) is 9.37 Å². The number of aryl methyl sites for hydroxylation is 1. The van der Waals surface area contributed by atoms with Crippen LogP contribution in [0.2, 0.25) is 0 Å². The highest BCUT2D eigenvalue weighted by Crippen LogP contribution is 2.20. The monoisotopic (exact) mass is 280 g/mol. The van der Waals surface area contributed by atoms with Gasteiger partial charge in [0.1, 0.15) is 10.8 Å². The van der Waals surface area contributed by atoms with Crippen LogP contribution < -0.4 is 5.32 Å². The fourth-order valence-electron chi connectivity index (χ4n) is 1.80. The Morgan fingerprint density at radius 2 is 2.16 bits per heavy atom. The predicted octanol–water partition coefficient (Wildman–Crippen LogP) is 2.97. The molecule has 0 aliphatic heterocycles. The standard InChI is InChI=1S/C14H17FN2OS/c1-9-8-19-14(17-9)10(2)16-7-13(18)11-5-3-4-6-12(11)15/h3-6,8,10,13,16,18H,7H2,1-2H3. The number of benzene rings is 1. The summed E-state index contributed by atoms with van der Waals surface area (Å²) < 4.78 is 13.5. The van der Waals surface area contributed by atoms with Crippen LogP contribution in [0.3, 0.4) is 0 Å². The van der Waals surface area contributed by atoms with E-state index >= 15 is 0 Å². The fraction of sp³-hybridized carbons (Fsp3) is 0.357. The maximum absolute atomic E-state index is 13.5. The molecule has 0 saturated carbocycles. The normalized spacial score (nSPS) is 14.3. The number of nitrogens with zero attached hydrogens (tertiary/aromatic N) is 1. The van der Waals surface area contributed by atoms with Crippen LogP contribution >= 0.6 is 11.3 Å². The van der Waals surface area contributed by atoms with Gasteiger partial charge >= 0.3 is 0 Å². The molecule has 1 heterocycles. The Kier molecular flexibility index (Phi) is 4.63. The van der Waals surface area contributed by atoms with Gasteiger partial charge in [-0.1, -0.05) is 18.2 Å². The third-order valence-electron chi connectivity index (χ3n) is 2.89. The third-order valence-corrected chi connectivity index (χ3v) is 4.03. The predicted molar refractivity (Wildman–Crippen MR) is 74.6 cm³/mol. The molecule has 1 aromatic carbocycles. The van der Waals surface area contributed by atoms with E-state index in [2.05, 4.69) is 10.3 Å². The van der Waals surface area contributed by atoms with Crippen LogP contribution in [-0.2, 0) is 0 Å². The average molecular weight is 280 g/mol. The molecule has 5 heteroatoms. The Balaban J connectivity index is 1.94. The first-order valence-electron chi connectivity index (χ1n) is 6.16. The van der Waals surface area contributed by atoms with Gasteiger partial charge in [0.15, 0.2) is 0 Å². The fourth-order valence-corrected chi connectivity index (χ4v) is 2.63. The first-order chi connectivity index (χ1) is 9.08. The van der Waals surface area contributed by atoms with Crippen LogP contribution in [0.25, 0.3) is 0 Å². The van der Waals surface area contributed by atoms with E-state index in [-0.39, 0.29) is 11.9 Å². The number of thiazole rings is 1. The zero-order chi connectivity index (χ0) is 13.8. The molecule has 2 atom stereocenters. The van der Waals surface area contributed by atoms with Crippen LogP contribution in [0.5, 0.6) is 0 Å². The van der Waals surface area contributed by atoms with Crippen molar-refractivity contribution < 1.29 is 9.50 Å². The zero-order valence-corrected chi connectivity index (χ0v) is 11.7. The van der Waals surface area contributed by atoms with Gasteiger partial charge < -0.3 is 10.4 Å². The molecular weight excluding hydrogens is 263 g/mol. The van der Waals surface area contributed by atoms with Crippen LogP contribution in [-0.4, -0.2) is 16.6 Å². The molecular formula is C14H17FN2OS. The molecule has 2 N–H and O–H groups in total. The van der Waals surface area contributed by atoms with Gasteiger partial charge in [-0.2, -0.15) is 0 Å². The average Bonchev–Trinajstić information content (AvgIpc) is 2.83. The summed E-state index contributed by atoms with van der Waals surface area (Å²) in [5.74, 6) is -0.380. The van der Waals surface area contributed by atoms with Crippen LogP contribution in [0.15, 0.2) is 29.6 Å². The molecule has 3 nitrogen and oxygen atoms in total. The van der Waals surface area contributed by atoms with E-state index in [0.717, 1.165) is 10.7 Å². The lowest BCUT2D eigenvalue weighted by atomic mass is 10.1. The molecule has 0 aliphatic rings. The number of aromatic nitrogens is 1. The molecule has 1 aromatic heterocycles. The topological polar surface area (TPSA) is 45.1 Å². The van der Waals surface area contributed by atoms with Crippen molar-refractivity contribution in [1.29, 1.82) is 0 Å². The largest absolute Gasteiger partial charge is 0.387 e. The first-order valence-corrected chi connectivity index (χ1v) is 7.04. The van der Waals surface area contributed by atoms with E-state index in [9.17, 15) is 9.50 Å². The van der Waals surface area contributed by atoms with E-state index in [1.165, 1.54) is 6.07 Å². The van der Waals surface area contributed by atoms with Gasteiger partial charge in [-0.3, -0.25) is 0 Å². The molecule has 0 bridgehead atoms. The Morgan fingerprint density at radius 3 is 2.79 bits per heavy atom. The summed E-state index contributed by atoms with van der Waals surface area (Å²) in [6, 6.07) is 6.32. The quantitative estimate of drug-likeness (QED) is 0.885. The second kappa shape index (κ2) is 6.23. The van der Waals surface area contributed by atoms with Crippen molar-refractivity contribution in [3.63, 3.8) is 0 Å². The molecule has 0 spiro atoms. The van der Waals surface area contributed by atoms with Crippen molar-refractivity contribution in [1.82, 2.24) is 10.3 Å². The number of nitrogens with one attached hydrogen (secondary N) is 1. The Bertz CT molecular complexity index is 544. The number of rotatable bonds is 5. The lowest BCUT2D eigenvalue weighted by Gasteiger charge is -2.16. The number of aliphatic hydroxyl groups excluding tert-OH is 1.